The van der Waals surface area contributed by atoms with E-state index in [1.807, 2.05) is 50.4 Å². The average molecular weight is 449 g/mol. The van der Waals surface area contributed by atoms with Gasteiger partial charge in [-0.3, -0.25) is 4.79 Å². The van der Waals surface area contributed by atoms with E-state index in [4.69, 9.17) is 9.40 Å². The molecule has 1 N–H and O–H groups in total. The van der Waals surface area contributed by atoms with Crippen molar-refractivity contribution in [2.45, 2.75) is 20.4 Å². The molecule has 0 aromatic carbocycles. The number of carbonyl (C=O) groups is 1. The highest BCUT2D eigenvalue weighted by molar-refractivity contribution is 7.20. The number of hydrogen-bond donors (Lipinski definition) is 1. The second kappa shape index (κ2) is 8.58. The molecule has 1 amide bonds. The molecule has 1 fully saturated rings. The molecule has 9 heteroatoms. The number of aryl methyl sites for hydroxylation is 2. The van der Waals surface area contributed by atoms with Crippen molar-refractivity contribution in [2.24, 2.45) is 0 Å². The van der Waals surface area contributed by atoms with Gasteiger partial charge in [0, 0.05) is 32.4 Å². The number of nitrogens with one attached hydrogen (secondary N) is 1. The first-order chi connectivity index (χ1) is 15.6. The molecular formula is C23H24N6O2S. The Balaban J connectivity index is 1.39. The Bertz CT molecular complexity index is 1230. The number of nitrogens with zero attached hydrogens (tertiary/aromatic N) is 5. The first-order valence-electron chi connectivity index (χ1n) is 10.6. The number of rotatable bonds is 5. The standard InChI is InChI=1S/C23H24N6O2S/c1-15-19-21(29-11-9-28(10-12-29)18-7-3-4-8-24-18)26-16(2)27-23(19)32-20(15)22(30)25-14-17-6-5-13-31-17/h3-8,13H,9-12,14H2,1-2H3,(H,25,30). The summed E-state index contributed by atoms with van der Waals surface area (Å²) < 4.78 is 5.31. The maximum absolute atomic E-state index is 12.9. The zero-order chi connectivity index (χ0) is 22.1. The van der Waals surface area contributed by atoms with Gasteiger partial charge in [0.15, 0.2) is 0 Å². The molecule has 5 heterocycles. The Morgan fingerprint density at radius 1 is 1.09 bits per heavy atom. The lowest BCUT2D eigenvalue weighted by Gasteiger charge is -2.36. The second-order valence-electron chi connectivity index (χ2n) is 7.75. The number of carbonyl (C=O) groups excluding carboxylic acids is 1. The monoisotopic (exact) mass is 448 g/mol. The zero-order valence-corrected chi connectivity index (χ0v) is 18.9. The van der Waals surface area contributed by atoms with Crippen molar-refractivity contribution in [3.63, 3.8) is 0 Å². The van der Waals surface area contributed by atoms with Crippen LogP contribution in [0, 0.1) is 13.8 Å². The van der Waals surface area contributed by atoms with E-state index in [-0.39, 0.29) is 5.91 Å². The topological polar surface area (TPSA) is 87.4 Å². The van der Waals surface area contributed by atoms with Crippen molar-refractivity contribution < 1.29 is 9.21 Å². The van der Waals surface area contributed by atoms with Gasteiger partial charge < -0.3 is 19.5 Å². The van der Waals surface area contributed by atoms with Crippen LogP contribution in [0.5, 0.6) is 0 Å². The second-order valence-corrected chi connectivity index (χ2v) is 8.75. The minimum absolute atomic E-state index is 0.120. The first kappa shape index (κ1) is 20.4. The fourth-order valence-electron chi connectivity index (χ4n) is 4.02. The van der Waals surface area contributed by atoms with Gasteiger partial charge in [-0.15, -0.1) is 11.3 Å². The van der Waals surface area contributed by atoms with Gasteiger partial charge >= 0.3 is 0 Å². The molecule has 1 aliphatic heterocycles. The van der Waals surface area contributed by atoms with Crippen LogP contribution in [-0.4, -0.2) is 47.0 Å². The molecule has 1 saturated heterocycles. The largest absolute Gasteiger partial charge is 0.467 e. The van der Waals surface area contributed by atoms with E-state index < -0.39 is 0 Å². The number of amides is 1. The lowest BCUT2D eigenvalue weighted by molar-refractivity contribution is 0.0951. The molecule has 0 aliphatic carbocycles. The van der Waals surface area contributed by atoms with Crippen LogP contribution in [0.25, 0.3) is 10.2 Å². The van der Waals surface area contributed by atoms with Gasteiger partial charge in [0.05, 0.1) is 23.1 Å². The fraction of sp³-hybridized carbons (Fsp3) is 0.304. The number of piperazine rings is 1. The predicted octanol–water partition coefficient (Wildman–Crippen LogP) is 3.55. The average Bonchev–Trinajstić information content (AvgIpc) is 3.46. The summed E-state index contributed by atoms with van der Waals surface area (Å²) >= 11 is 1.42. The summed E-state index contributed by atoms with van der Waals surface area (Å²) in [5.41, 5.74) is 0.920. The summed E-state index contributed by atoms with van der Waals surface area (Å²) in [4.78, 5) is 32.9. The van der Waals surface area contributed by atoms with Crippen molar-refractivity contribution in [3.8, 4) is 0 Å². The van der Waals surface area contributed by atoms with Gasteiger partial charge in [0.2, 0.25) is 0 Å². The third-order valence-electron chi connectivity index (χ3n) is 5.64. The lowest BCUT2D eigenvalue weighted by Crippen LogP contribution is -2.47. The zero-order valence-electron chi connectivity index (χ0n) is 18.0. The van der Waals surface area contributed by atoms with Crippen LogP contribution in [0.2, 0.25) is 0 Å². The highest BCUT2D eigenvalue weighted by atomic mass is 32.1. The summed E-state index contributed by atoms with van der Waals surface area (Å²) in [5.74, 6) is 3.22. The van der Waals surface area contributed by atoms with Crippen LogP contribution in [-0.2, 0) is 6.54 Å². The SMILES string of the molecule is Cc1nc(N2CCN(c3ccccn3)CC2)c2c(C)c(C(=O)NCc3ccco3)sc2n1. The van der Waals surface area contributed by atoms with E-state index in [2.05, 4.69) is 25.1 Å². The summed E-state index contributed by atoms with van der Waals surface area (Å²) in [6.07, 6.45) is 3.43. The number of furan rings is 1. The van der Waals surface area contributed by atoms with E-state index in [1.165, 1.54) is 11.3 Å². The summed E-state index contributed by atoms with van der Waals surface area (Å²) in [5, 5.41) is 3.91. The molecule has 0 bridgehead atoms. The quantitative estimate of drug-likeness (QED) is 0.500. The van der Waals surface area contributed by atoms with Crippen molar-refractivity contribution >= 4 is 39.1 Å². The van der Waals surface area contributed by atoms with Crippen LogP contribution < -0.4 is 15.1 Å². The van der Waals surface area contributed by atoms with Crippen LogP contribution in [0.3, 0.4) is 0 Å². The number of pyridine rings is 1. The van der Waals surface area contributed by atoms with Crippen molar-refractivity contribution in [2.75, 3.05) is 36.0 Å². The maximum atomic E-state index is 12.9. The number of aromatic nitrogens is 3. The van der Waals surface area contributed by atoms with Crippen LogP contribution in [0.15, 0.2) is 47.2 Å². The van der Waals surface area contributed by atoms with Gasteiger partial charge in [-0.25, -0.2) is 15.0 Å². The van der Waals surface area contributed by atoms with Gasteiger partial charge in [-0.05, 0) is 43.7 Å². The Labute approximate surface area is 189 Å². The summed E-state index contributed by atoms with van der Waals surface area (Å²) in [6.45, 7) is 7.62. The molecule has 1 aliphatic rings. The van der Waals surface area contributed by atoms with Crippen LogP contribution in [0.1, 0.15) is 26.8 Å². The molecule has 8 nitrogen and oxygen atoms in total. The highest BCUT2D eigenvalue weighted by Crippen LogP contribution is 2.36. The molecule has 0 saturated carbocycles. The third-order valence-corrected chi connectivity index (χ3v) is 6.83. The highest BCUT2D eigenvalue weighted by Gasteiger charge is 2.25. The number of hydrogen-bond acceptors (Lipinski definition) is 8. The maximum Gasteiger partial charge on any atom is 0.262 e. The number of thiophene rings is 1. The Morgan fingerprint density at radius 2 is 1.91 bits per heavy atom. The normalized spacial score (nSPS) is 14.2. The van der Waals surface area contributed by atoms with Gasteiger partial charge in [0.1, 0.15) is 28.1 Å². The molecule has 4 aromatic heterocycles. The molecular weight excluding hydrogens is 424 g/mol. The van der Waals surface area contributed by atoms with Crippen LogP contribution in [0.4, 0.5) is 11.6 Å². The van der Waals surface area contributed by atoms with E-state index in [9.17, 15) is 4.79 Å². The van der Waals surface area contributed by atoms with E-state index in [1.54, 1.807) is 6.26 Å². The first-order valence-corrected chi connectivity index (χ1v) is 11.4. The molecule has 0 atom stereocenters. The van der Waals surface area contributed by atoms with Crippen molar-refractivity contribution in [3.05, 3.63) is 64.8 Å². The van der Waals surface area contributed by atoms with Crippen molar-refractivity contribution in [1.82, 2.24) is 20.3 Å². The molecule has 4 aromatic rings. The van der Waals surface area contributed by atoms with E-state index in [0.29, 0.717) is 17.2 Å². The van der Waals surface area contributed by atoms with E-state index in [0.717, 1.165) is 59.4 Å². The molecule has 5 rings (SSSR count). The van der Waals surface area contributed by atoms with Gasteiger partial charge in [-0.2, -0.15) is 0 Å². The smallest absolute Gasteiger partial charge is 0.262 e. The Morgan fingerprint density at radius 3 is 2.62 bits per heavy atom. The minimum Gasteiger partial charge on any atom is -0.467 e. The molecule has 32 heavy (non-hydrogen) atoms. The Hall–Kier alpha value is -3.46. The van der Waals surface area contributed by atoms with Crippen LogP contribution >= 0.6 is 11.3 Å². The van der Waals surface area contributed by atoms with Crippen molar-refractivity contribution in [1.29, 1.82) is 0 Å². The fourth-order valence-corrected chi connectivity index (χ4v) is 5.15. The molecule has 164 valence electrons. The molecule has 0 spiro atoms. The van der Waals surface area contributed by atoms with Gasteiger partial charge in [-0.1, -0.05) is 6.07 Å². The lowest BCUT2D eigenvalue weighted by atomic mass is 10.1. The molecule has 0 unspecified atom stereocenters. The Kier molecular flexibility index (Phi) is 5.48. The van der Waals surface area contributed by atoms with E-state index >= 15 is 0 Å². The summed E-state index contributed by atoms with van der Waals surface area (Å²) in [7, 11) is 0. The minimum atomic E-state index is -0.120. The summed E-state index contributed by atoms with van der Waals surface area (Å²) in [6, 6.07) is 9.64. The predicted molar refractivity (Wildman–Crippen MR) is 125 cm³/mol. The van der Waals surface area contributed by atoms with Gasteiger partial charge in [0.25, 0.3) is 5.91 Å². The third kappa shape index (κ3) is 3.91. The number of fused-ring (bicyclic) bond motifs is 1. The molecule has 0 radical (unpaired) electrons. The number of anilines is 2.